The van der Waals surface area contributed by atoms with Crippen molar-refractivity contribution in [3.05, 3.63) is 0 Å². The van der Waals surface area contributed by atoms with Crippen molar-refractivity contribution < 1.29 is 9.59 Å². The Labute approximate surface area is 286 Å². The molecule has 0 aromatic heterocycles. The first-order valence-electron chi connectivity index (χ1n) is 20.6. The number of aldehydes is 2. The largest absolute Gasteiger partial charge is 0.301 e. The van der Waals surface area contributed by atoms with Crippen LogP contribution >= 0.6 is 0 Å². The highest BCUT2D eigenvalue weighted by Crippen LogP contribution is 2.55. The second-order valence-corrected chi connectivity index (χ2v) is 15.2. The summed E-state index contributed by atoms with van der Waals surface area (Å²) >= 11 is 0. The number of unbranched alkanes of at least 4 members (excludes halogenated alkanes) is 16. The number of aliphatic imine (C=N–C) groups is 2. The first kappa shape index (κ1) is 40.9. The zero-order valence-electron chi connectivity index (χ0n) is 30.7. The molecule has 0 spiro atoms. The van der Waals surface area contributed by atoms with Crippen LogP contribution in [0.25, 0.3) is 0 Å². The molecule has 6 atom stereocenters. The summed E-state index contributed by atoms with van der Waals surface area (Å²) in [6.07, 6.45) is 44.5. The van der Waals surface area contributed by atoms with Crippen LogP contribution in [0.2, 0.25) is 0 Å². The summed E-state index contributed by atoms with van der Waals surface area (Å²) in [6.45, 7) is 5.37. The number of carbonyl (C=O) groups is 2. The highest BCUT2D eigenvalue weighted by Gasteiger charge is 2.47. The fraction of sp³-hybridized carbons (Fsp3) is 0.905. The number of carbonyl (C=O) groups excluding carboxylic acids is 2. The number of nitrogens with zero attached hydrogens (tertiary/aromatic N) is 2. The molecular weight excluding hydrogens is 564 g/mol. The van der Waals surface area contributed by atoms with E-state index >= 15 is 0 Å². The lowest BCUT2D eigenvalue weighted by Crippen LogP contribution is -2.45. The minimum Gasteiger partial charge on any atom is -0.301 e. The van der Waals surface area contributed by atoms with Crippen molar-refractivity contribution in [2.45, 2.75) is 194 Å². The maximum atomic E-state index is 10.5. The molecule has 0 bridgehead atoms. The molecule has 266 valence electrons. The van der Waals surface area contributed by atoms with E-state index in [1.807, 2.05) is 12.4 Å². The van der Waals surface area contributed by atoms with Gasteiger partial charge in [-0.2, -0.15) is 0 Å². The molecular formula is C42H76N2O2. The average molecular weight is 641 g/mol. The van der Waals surface area contributed by atoms with Crippen LogP contribution in [0.15, 0.2) is 9.98 Å². The van der Waals surface area contributed by atoms with E-state index in [0.717, 1.165) is 60.9 Å². The number of fused-ring (bicyclic) bond motifs is 1. The molecule has 0 saturated heterocycles. The van der Waals surface area contributed by atoms with E-state index in [1.54, 1.807) is 0 Å². The topological polar surface area (TPSA) is 58.9 Å². The lowest BCUT2D eigenvalue weighted by Gasteiger charge is -2.53. The van der Waals surface area contributed by atoms with Gasteiger partial charge in [-0.15, -0.1) is 0 Å². The van der Waals surface area contributed by atoms with Crippen molar-refractivity contribution in [3.8, 4) is 0 Å². The zero-order chi connectivity index (χ0) is 32.9. The smallest absolute Gasteiger partial charge is 0.141 e. The van der Waals surface area contributed by atoms with Gasteiger partial charge in [-0.25, -0.2) is 0 Å². The van der Waals surface area contributed by atoms with Crippen LogP contribution in [0.5, 0.6) is 0 Å². The molecule has 2 aliphatic rings. The third kappa shape index (κ3) is 17.7. The summed E-state index contributed by atoms with van der Waals surface area (Å²) in [7, 11) is 0. The predicted molar refractivity (Wildman–Crippen MR) is 200 cm³/mol. The molecule has 0 amide bonds. The van der Waals surface area contributed by atoms with Crippen molar-refractivity contribution in [2.24, 2.45) is 45.5 Å². The molecule has 0 aromatic carbocycles. The van der Waals surface area contributed by atoms with Crippen LogP contribution in [-0.4, -0.2) is 38.1 Å². The minimum atomic E-state index is 0.323. The first-order chi connectivity index (χ1) is 22.8. The molecule has 2 rings (SSSR count). The molecule has 2 saturated carbocycles. The molecule has 46 heavy (non-hydrogen) atoms. The Morgan fingerprint density at radius 2 is 0.913 bits per heavy atom. The van der Waals surface area contributed by atoms with Gasteiger partial charge in [-0.1, -0.05) is 136 Å². The maximum absolute atomic E-state index is 10.5. The molecule has 0 heterocycles. The summed E-state index contributed by atoms with van der Waals surface area (Å²) in [6, 6.07) is 0. The van der Waals surface area contributed by atoms with Crippen LogP contribution in [0.3, 0.4) is 0 Å². The minimum absolute atomic E-state index is 0.323. The van der Waals surface area contributed by atoms with Gasteiger partial charge in [0, 0.05) is 0 Å². The van der Waals surface area contributed by atoms with Crippen LogP contribution < -0.4 is 0 Å². The Kier molecular flexibility index (Phi) is 25.5. The average Bonchev–Trinajstić information content (AvgIpc) is 3.07. The molecule has 4 heteroatoms. The summed E-state index contributed by atoms with van der Waals surface area (Å²) in [5.74, 6) is 5.97. The van der Waals surface area contributed by atoms with Gasteiger partial charge in [0.15, 0.2) is 0 Å². The Morgan fingerprint density at radius 3 is 1.52 bits per heavy atom. The van der Waals surface area contributed by atoms with Gasteiger partial charge in [-0.3, -0.25) is 9.98 Å². The highest BCUT2D eigenvalue weighted by molar-refractivity contribution is 5.62. The summed E-state index contributed by atoms with van der Waals surface area (Å²) < 4.78 is 0. The molecule has 2 fully saturated rings. The predicted octanol–water partition coefficient (Wildman–Crippen LogP) is 12.2. The lowest BCUT2D eigenvalue weighted by atomic mass is 9.52. The van der Waals surface area contributed by atoms with E-state index in [1.165, 1.54) is 167 Å². The fourth-order valence-electron chi connectivity index (χ4n) is 9.41. The van der Waals surface area contributed by atoms with Crippen molar-refractivity contribution in [3.63, 3.8) is 0 Å². The first-order valence-corrected chi connectivity index (χ1v) is 20.6. The number of rotatable bonds is 30. The van der Waals surface area contributed by atoms with Gasteiger partial charge in [-0.05, 0) is 106 Å². The van der Waals surface area contributed by atoms with Crippen molar-refractivity contribution in [1.29, 1.82) is 0 Å². The third-order valence-electron chi connectivity index (χ3n) is 11.8. The van der Waals surface area contributed by atoms with E-state index in [2.05, 4.69) is 23.8 Å². The molecule has 6 unspecified atom stereocenters. The highest BCUT2D eigenvalue weighted by atomic mass is 16.1. The van der Waals surface area contributed by atoms with E-state index in [0.29, 0.717) is 13.1 Å². The summed E-state index contributed by atoms with van der Waals surface area (Å²) in [5, 5.41) is 0. The van der Waals surface area contributed by atoms with Crippen molar-refractivity contribution >= 4 is 25.0 Å². The Balaban J connectivity index is 1.95. The van der Waals surface area contributed by atoms with E-state index in [9.17, 15) is 9.59 Å². The van der Waals surface area contributed by atoms with Crippen LogP contribution in [0, 0.1) is 35.5 Å². The summed E-state index contributed by atoms with van der Waals surface area (Å²) in [4.78, 5) is 29.1. The molecule has 4 nitrogen and oxygen atoms in total. The van der Waals surface area contributed by atoms with E-state index < -0.39 is 0 Å². The second-order valence-electron chi connectivity index (χ2n) is 15.2. The Bertz CT molecular complexity index is 780. The van der Waals surface area contributed by atoms with Crippen molar-refractivity contribution in [1.82, 2.24) is 0 Å². The SMILES string of the molecule is CCCCCCC1CCC2C(CCCCC)CCC(CCCCCCCCC=NCC=O)C2C1CCCCCCCC=NCC=O. The monoisotopic (exact) mass is 641 g/mol. The maximum Gasteiger partial charge on any atom is 0.141 e. The third-order valence-corrected chi connectivity index (χ3v) is 11.8. The van der Waals surface area contributed by atoms with Crippen LogP contribution in [0.1, 0.15) is 194 Å². The number of hydrogen-bond acceptors (Lipinski definition) is 4. The Morgan fingerprint density at radius 1 is 0.478 bits per heavy atom. The lowest BCUT2D eigenvalue weighted by molar-refractivity contribution is -0.107. The van der Waals surface area contributed by atoms with Gasteiger partial charge in [0.1, 0.15) is 12.6 Å². The molecule has 0 radical (unpaired) electrons. The quantitative estimate of drug-likeness (QED) is 0.0445. The van der Waals surface area contributed by atoms with Crippen LogP contribution in [0.4, 0.5) is 0 Å². The van der Waals surface area contributed by atoms with Gasteiger partial charge in [0.25, 0.3) is 0 Å². The van der Waals surface area contributed by atoms with Gasteiger partial charge < -0.3 is 9.59 Å². The van der Waals surface area contributed by atoms with Gasteiger partial charge in [0.2, 0.25) is 0 Å². The molecule has 2 aliphatic carbocycles. The van der Waals surface area contributed by atoms with E-state index in [-0.39, 0.29) is 0 Å². The van der Waals surface area contributed by atoms with Gasteiger partial charge >= 0.3 is 0 Å². The second kappa shape index (κ2) is 28.7. The Hall–Kier alpha value is -1.32. The zero-order valence-corrected chi connectivity index (χ0v) is 30.7. The fourth-order valence-corrected chi connectivity index (χ4v) is 9.41. The van der Waals surface area contributed by atoms with Crippen LogP contribution in [-0.2, 0) is 9.59 Å². The van der Waals surface area contributed by atoms with Crippen molar-refractivity contribution in [2.75, 3.05) is 13.1 Å². The van der Waals surface area contributed by atoms with E-state index in [4.69, 9.17) is 0 Å². The standard InChI is InChI=1S/C42H76N2O2/c1-3-5-7-18-24-38-29-30-41-37(23-17-6-4-2)27-28-39(25-19-13-9-8-11-15-21-31-43-33-35-45)42(41)40(38)26-20-14-10-12-16-22-32-44-34-36-46/h31-32,35-42H,3-30,33-34H2,1-2H3. The number of hydrogen-bond donors (Lipinski definition) is 0. The molecule has 0 N–H and O–H groups in total. The van der Waals surface area contributed by atoms with Gasteiger partial charge in [0.05, 0.1) is 13.1 Å². The molecule has 0 aromatic rings. The molecule has 0 aliphatic heterocycles. The normalized spacial score (nSPS) is 24.9. The summed E-state index contributed by atoms with van der Waals surface area (Å²) in [5.41, 5.74) is 0.